The van der Waals surface area contributed by atoms with Crippen LogP contribution in [0.15, 0.2) is 59.5 Å². The summed E-state index contributed by atoms with van der Waals surface area (Å²) in [4.78, 5) is 0. The highest BCUT2D eigenvalue weighted by atomic mass is 35.5. The molecule has 0 unspecified atom stereocenters. The zero-order chi connectivity index (χ0) is 20.1. The minimum absolute atomic E-state index is 0.216. The predicted molar refractivity (Wildman–Crippen MR) is 108 cm³/mol. The molecule has 1 heterocycles. The molecule has 0 aliphatic heterocycles. The van der Waals surface area contributed by atoms with Crippen LogP contribution >= 0.6 is 11.6 Å². The van der Waals surface area contributed by atoms with E-state index >= 15 is 0 Å². The fourth-order valence-electron chi connectivity index (χ4n) is 2.84. The van der Waals surface area contributed by atoms with Gasteiger partial charge in [-0.1, -0.05) is 42.8 Å². The van der Waals surface area contributed by atoms with Crippen LogP contribution in [0.2, 0.25) is 5.02 Å². The first kappa shape index (κ1) is 19.6. The van der Waals surface area contributed by atoms with E-state index in [0.717, 1.165) is 11.1 Å². The van der Waals surface area contributed by atoms with Crippen LogP contribution in [-0.4, -0.2) is 21.4 Å². The number of hydrogen-bond donors (Lipinski definition) is 2. The van der Waals surface area contributed by atoms with E-state index < -0.39 is 12.1 Å². The maximum absolute atomic E-state index is 10.5. The number of rotatable bonds is 7. The van der Waals surface area contributed by atoms with Gasteiger partial charge in [-0.2, -0.15) is 5.26 Å². The third-order valence-corrected chi connectivity index (χ3v) is 4.77. The largest absolute Gasteiger partial charge is 0.418 e. The number of aliphatic hydroxyl groups excluding tert-OH is 1. The molecule has 0 bridgehead atoms. The number of halogens is 1. The molecule has 7 heteroatoms. The van der Waals surface area contributed by atoms with Crippen LogP contribution in [-0.2, 0) is 6.42 Å². The summed E-state index contributed by atoms with van der Waals surface area (Å²) in [7, 11) is 0. The van der Waals surface area contributed by atoms with Crippen molar-refractivity contribution in [1.82, 2.24) is 10.2 Å². The second-order valence-electron chi connectivity index (χ2n) is 6.08. The fraction of sp³-hybridized carbons (Fsp3) is 0.190. The molecule has 28 heavy (non-hydrogen) atoms. The van der Waals surface area contributed by atoms with Crippen molar-refractivity contribution in [2.45, 2.75) is 25.5 Å². The van der Waals surface area contributed by atoms with Crippen LogP contribution in [0.3, 0.4) is 0 Å². The van der Waals surface area contributed by atoms with Gasteiger partial charge in [-0.05, 0) is 36.2 Å². The van der Waals surface area contributed by atoms with Crippen LogP contribution < -0.4 is 5.32 Å². The number of nitrogens with zero attached hydrogens (tertiary/aromatic N) is 3. The molecule has 3 aromatic rings. The lowest BCUT2D eigenvalue weighted by Crippen LogP contribution is -2.24. The molecule has 0 fully saturated rings. The minimum atomic E-state index is -0.983. The van der Waals surface area contributed by atoms with Gasteiger partial charge in [0.2, 0.25) is 11.8 Å². The van der Waals surface area contributed by atoms with Crippen LogP contribution in [0.1, 0.15) is 30.0 Å². The Kier molecular flexibility index (Phi) is 6.09. The Labute approximate surface area is 168 Å². The average Bonchev–Trinajstić information content (AvgIpc) is 3.22. The number of hydrogen-bond acceptors (Lipinski definition) is 6. The monoisotopic (exact) mass is 394 g/mol. The normalized spacial score (nSPS) is 12.8. The van der Waals surface area contributed by atoms with Gasteiger partial charge in [0, 0.05) is 11.3 Å². The Balaban J connectivity index is 1.97. The van der Waals surface area contributed by atoms with E-state index in [1.807, 2.05) is 37.3 Å². The number of aromatic nitrogens is 2. The molecule has 0 aliphatic carbocycles. The smallest absolute Gasteiger partial charge is 0.247 e. The van der Waals surface area contributed by atoms with Crippen molar-refractivity contribution < 1.29 is 9.52 Å². The van der Waals surface area contributed by atoms with Crippen LogP contribution in [0.4, 0.5) is 5.69 Å². The molecular formula is C21H19ClN4O2. The standard InChI is InChI=1S/C21H19ClN4O2/c1-3-15-16(11-10-14(12-23)18(15)22)24-19(17(27)4-2)21-26-25-20(28-21)13-8-6-5-7-9-13/h4-11,17,19,24,27H,2-3H2,1H3/t17-,19+/m0/s1. The highest BCUT2D eigenvalue weighted by molar-refractivity contribution is 6.32. The van der Waals surface area contributed by atoms with Crippen LogP contribution in [0, 0.1) is 11.3 Å². The molecule has 0 radical (unpaired) electrons. The van der Waals surface area contributed by atoms with Gasteiger partial charge >= 0.3 is 0 Å². The number of benzene rings is 2. The number of nitriles is 1. The van der Waals surface area contributed by atoms with E-state index in [9.17, 15) is 10.4 Å². The lowest BCUT2D eigenvalue weighted by molar-refractivity contribution is 0.187. The zero-order valence-corrected chi connectivity index (χ0v) is 16.0. The summed E-state index contributed by atoms with van der Waals surface area (Å²) >= 11 is 6.34. The van der Waals surface area contributed by atoms with Crippen molar-refractivity contribution in [2.75, 3.05) is 5.32 Å². The van der Waals surface area contributed by atoms with E-state index in [1.54, 1.807) is 12.1 Å². The third-order valence-electron chi connectivity index (χ3n) is 4.34. The Morgan fingerprint density at radius 3 is 2.68 bits per heavy atom. The quantitative estimate of drug-likeness (QED) is 0.572. The highest BCUT2D eigenvalue weighted by Gasteiger charge is 2.26. The van der Waals surface area contributed by atoms with E-state index in [-0.39, 0.29) is 5.89 Å². The van der Waals surface area contributed by atoms with E-state index in [4.69, 9.17) is 16.0 Å². The van der Waals surface area contributed by atoms with Gasteiger partial charge in [0.1, 0.15) is 18.2 Å². The first-order valence-corrected chi connectivity index (χ1v) is 9.14. The van der Waals surface area contributed by atoms with Gasteiger partial charge in [0.15, 0.2) is 0 Å². The summed E-state index contributed by atoms with van der Waals surface area (Å²) in [6.07, 6.45) is 1.01. The highest BCUT2D eigenvalue weighted by Crippen LogP contribution is 2.32. The zero-order valence-electron chi connectivity index (χ0n) is 15.3. The van der Waals surface area contributed by atoms with Crippen LogP contribution in [0.25, 0.3) is 11.5 Å². The lowest BCUT2D eigenvalue weighted by atomic mass is 10.0. The summed E-state index contributed by atoms with van der Waals surface area (Å²) in [5.74, 6) is 0.570. The van der Waals surface area contributed by atoms with E-state index in [2.05, 4.69) is 28.2 Å². The first-order chi connectivity index (χ1) is 13.6. The summed E-state index contributed by atoms with van der Waals surface area (Å²) in [5.41, 5.74) is 2.62. The summed E-state index contributed by atoms with van der Waals surface area (Å²) in [6, 6.07) is 14.1. The van der Waals surface area contributed by atoms with Crippen molar-refractivity contribution in [3.8, 4) is 17.5 Å². The summed E-state index contributed by atoms with van der Waals surface area (Å²) in [5, 5.41) is 31.4. The second kappa shape index (κ2) is 8.70. The molecule has 0 amide bonds. The SMILES string of the molecule is C=C[C@H](O)[C@@H](Nc1ccc(C#N)c(Cl)c1CC)c1nnc(-c2ccccc2)o1. The van der Waals surface area contributed by atoms with Gasteiger partial charge < -0.3 is 14.8 Å². The molecule has 0 spiro atoms. The minimum Gasteiger partial charge on any atom is -0.418 e. The maximum Gasteiger partial charge on any atom is 0.247 e. The van der Waals surface area contributed by atoms with Gasteiger partial charge in [-0.25, -0.2) is 0 Å². The first-order valence-electron chi connectivity index (χ1n) is 8.76. The molecule has 1 aromatic heterocycles. The van der Waals surface area contributed by atoms with Gasteiger partial charge in [0.25, 0.3) is 0 Å². The number of aliphatic hydroxyl groups is 1. The number of anilines is 1. The topological polar surface area (TPSA) is 95.0 Å². The van der Waals surface area contributed by atoms with Gasteiger partial charge in [0.05, 0.1) is 10.6 Å². The maximum atomic E-state index is 10.5. The Morgan fingerprint density at radius 2 is 2.04 bits per heavy atom. The van der Waals surface area contributed by atoms with Crippen LogP contribution in [0.5, 0.6) is 0 Å². The molecule has 2 atom stereocenters. The summed E-state index contributed by atoms with van der Waals surface area (Å²) in [6.45, 7) is 5.59. The average molecular weight is 395 g/mol. The van der Waals surface area contributed by atoms with Crippen molar-refractivity contribution in [2.24, 2.45) is 0 Å². The molecule has 2 N–H and O–H groups in total. The van der Waals surface area contributed by atoms with Crippen molar-refractivity contribution in [3.05, 3.63) is 77.2 Å². The van der Waals surface area contributed by atoms with Crippen molar-refractivity contribution >= 4 is 17.3 Å². The Bertz CT molecular complexity index is 1010. The molecule has 0 aliphatic rings. The Hall–Kier alpha value is -3.14. The predicted octanol–water partition coefficient (Wildman–Crippen LogP) is 4.52. The third kappa shape index (κ3) is 3.91. The van der Waals surface area contributed by atoms with Gasteiger partial charge in [-0.15, -0.1) is 16.8 Å². The molecule has 3 rings (SSSR count). The second-order valence-corrected chi connectivity index (χ2v) is 6.46. The molecule has 6 nitrogen and oxygen atoms in total. The molecule has 0 saturated carbocycles. The fourth-order valence-corrected chi connectivity index (χ4v) is 3.18. The molecular weight excluding hydrogens is 376 g/mol. The van der Waals surface area contributed by atoms with Crippen molar-refractivity contribution in [3.63, 3.8) is 0 Å². The van der Waals surface area contributed by atoms with E-state index in [0.29, 0.717) is 28.6 Å². The Morgan fingerprint density at radius 1 is 1.29 bits per heavy atom. The van der Waals surface area contributed by atoms with Gasteiger partial charge in [-0.3, -0.25) is 0 Å². The summed E-state index contributed by atoms with van der Waals surface area (Å²) < 4.78 is 5.80. The van der Waals surface area contributed by atoms with Crippen molar-refractivity contribution in [1.29, 1.82) is 5.26 Å². The molecule has 0 saturated heterocycles. The molecule has 142 valence electrons. The molecule has 2 aromatic carbocycles. The number of nitrogens with one attached hydrogen (secondary N) is 1. The lowest BCUT2D eigenvalue weighted by Gasteiger charge is -2.22. The van der Waals surface area contributed by atoms with E-state index in [1.165, 1.54) is 6.08 Å².